The van der Waals surface area contributed by atoms with Gasteiger partial charge in [-0.3, -0.25) is 0 Å². The van der Waals surface area contributed by atoms with Gasteiger partial charge in [-0.2, -0.15) is 0 Å². The van der Waals surface area contributed by atoms with E-state index >= 15 is 0 Å². The molecule has 0 spiro atoms. The average molecular weight is 391 g/mol. The van der Waals surface area contributed by atoms with Crippen LogP contribution in [0.3, 0.4) is 0 Å². The molecule has 0 fully saturated rings. The van der Waals surface area contributed by atoms with Crippen molar-refractivity contribution in [2.75, 3.05) is 0 Å². The summed E-state index contributed by atoms with van der Waals surface area (Å²) in [5.41, 5.74) is 0. The van der Waals surface area contributed by atoms with Crippen LogP contribution < -0.4 is 0 Å². The van der Waals surface area contributed by atoms with Crippen LogP contribution in [-0.2, 0) is 0 Å². The molecule has 166 valence electrons. The van der Waals surface area contributed by atoms with Gasteiger partial charge in [0, 0.05) is 0 Å². The van der Waals surface area contributed by atoms with E-state index in [-0.39, 0.29) is 0 Å². The minimum atomic E-state index is 0.862. The molecule has 0 nitrogen and oxygen atoms in total. The Morgan fingerprint density at radius 2 is 0.929 bits per heavy atom. The first-order valence-corrected chi connectivity index (χ1v) is 13.0. The summed E-state index contributed by atoms with van der Waals surface area (Å²) in [5.74, 6) is 1.82. The third kappa shape index (κ3) is 20.5. The van der Waals surface area contributed by atoms with E-state index in [4.69, 9.17) is 0 Å². The molecule has 0 heteroatoms. The molecule has 0 bridgehead atoms. The summed E-state index contributed by atoms with van der Waals surface area (Å²) in [6.07, 6.45) is 32.2. The second kappa shape index (κ2) is 23.0. The molecule has 1 unspecified atom stereocenters. The van der Waals surface area contributed by atoms with E-state index in [1.807, 2.05) is 0 Å². The Kier molecular flexibility index (Phi) is 22.8. The topological polar surface area (TPSA) is 0 Å². The van der Waals surface area contributed by atoms with Crippen LogP contribution in [0.1, 0.15) is 142 Å². The molecule has 0 saturated heterocycles. The van der Waals surface area contributed by atoms with Crippen LogP contribution in [0.2, 0.25) is 0 Å². The van der Waals surface area contributed by atoms with Gasteiger partial charge in [-0.1, -0.05) is 143 Å². The fraction of sp³-hybridized carbons (Fsp3) is 0.857. The molecule has 0 aliphatic heterocycles. The summed E-state index contributed by atoms with van der Waals surface area (Å²) < 4.78 is 0. The second-order valence-corrected chi connectivity index (χ2v) is 9.29. The SMILES string of the molecule is [CH2]CCC=CCCCCCC(CCCCCCCCCCCCC[CH2])C(C)C. The third-order valence-corrected chi connectivity index (χ3v) is 6.25. The Bertz CT molecular complexity index is 301. The molecule has 0 aromatic rings. The molecule has 0 saturated carbocycles. The molecule has 0 rings (SSSR count). The van der Waals surface area contributed by atoms with Gasteiger partial charge in [-0.25, -0.2) is 0 Å². The lowest BCUT2D eigenvalue weighted by Gasteiger charge is -2.20. The van der Waals surface area contributed by atoms with Crippen LogP contribution >= 0.6 is 0 Å². The first-order chi connectivity index (χ1) is 13.7. The van der Waals surface area contributed by atoms with Gasteiger partial charge in [0.25, 0.3) is 0 Å². The first kappa shape index (κ1) is 27.7. The maximum absolute atomic E-state index is 3.92. The van der Waals surface area contributed by atoms with Gasteiger partial charge in [0.2, 0.25) is 0 Å². The van der Waals surface area contributed by atoms with Gasteiger partial charge < -0.3 is 0 Å². The Morgan fingerprint density at radius 3 is 1.39 bits per heavy atom. The normalized spacial score (nSPS) is 13.0. The fourth-order valence-corrected chi connectivity index (χ4v) is 4.18. The zero-order chi connectivity index (χ0) is 20.7. The van der Waals surface area contributed by atoms with Gasteiger partial charge in [-0.15, -0.1) is 0 Å². The average Bonchev–Trinajstić information content (AvgIpc) is 2.68. The van der Waals surface area contributed by atoms with Crippen LogP contribution in [-0.4, -0.2) is 0 Å². The van der Waals surface area contributed by atoms with Crippen molar-refractivity contribution in [1.29, 1.82) is 0 Å². The molecule has 0 amide bonds. The minimum Gasteiger partial charge on any atom is -0.0885 e. The van der Waals surface area contributed by atoms with E-state index in [2.05, 4.69) is 39.8 Å². The molecular weight excluding hydrogens is 336 g/mol. The van der Waals surface area contributed by atoms with Gasteiger partial charge in [0.15, 0.2) is 0 Å². The van der Waals surface area contributed by atoms with Crippen LogP contribution in [0.5, 0.6) is 0 Å². The number of hydrogen-bond acceptors (Lipinski definition) is 0. The van der Waals surface area contributed by atoms with Gasteiger partial charge in [0.1, 0.15) is 0 Å². The Morgan fingerprint density at radius 1 is 0.500 bits per heavy atom. The fourth-order valence-electron chi connectivity index (χ4n) is 4.18. The Labute approximate surface area is 180 Å². The highest BCUT2D eigenvalue weighted by Crippen LogP contribution is 2.25. The van der Waals surface area contributed by atoms with Gasteiger partial charge >= 0.3 is 0 Å². The predicted molar refractivity (Wildman–Crippen MR) is 131 cm³/mol. The summed E-state index contributed by atoms with van der Waals surface area (Å²) in [6, 6.07) is 0. The molecule has 0 aliphatic carbocycles. The molecule has 0 N–H and O–H groups in total. The number of allylic oxidation sites excluding steroid dienone is 2. The minimum absolute atomic E-state index is 0.862. The monoisotopic (exact) mass is 390 g/mol. The van der Waals surface area contributed by atoms with E-state index in [1.54, 1.807) is 0 Å². The molecule has 1 atom stereocenters. The first-order valence-electron chi connectivity index (χ1n) is 13.0. The predicted octanol–water partition coefficient (Wildman–Crippen LogP) is 10.3. The summed E-state index contributed by atoms with van der Waals surface area (Å²) in [4.78, 5) is 0. The standard InChI is InChI=1S/C28H54/c1-5-7-9-11-13-15-16-17-18-20-22-24-26-28(27(3)4)25-23-21-19-14-12-10-8-6-2/h10,12,27-28H,1-2,5-9,11,13-26H2,3-4H3. The van der Waals surface area contributed by atoms with E-state index in [9.17, 15) is 0 Å². The van der Waals surface area contributed by atoms with Crippen molar-refractivity contribution >= 4 is 0 Å². The molecule has 28 heavy (non-hydrogen) atoms. The van der Waals surface area contributed by atoms with E-state index in [0.29, 0.717) is 0 Å². The van der Waals surface area contributed by atoms with Crippen molar-refractivity contribution in [3.8, 4) is 0 Å². The van der Waals surface area contributed by atoms with Crippen molar-refractivity contribution in [3.05, 3.63) is 26.0 Å². The van der Waals surface area contributed by atoms with E-state index in [1.165, 1.54) is 109 Å². The molecule has 0 aliphatic rings. The Balaban J connectivity index is 3.46. The smallest absolute Gasteiger partial charge is 0.0351 e. The quantitative estimate of drug-likeness (QED) is 0.127. The number of hydrogen-bond donors (Lipinski definition) is 0. The summed E-state index contributed by atoms with van der Waals surface area (Å²) in [6.45, 7) is 12.7. The maximum Gasteiger partial charge on any atom is -0.0351 e. The molecular formula is C28H54. The van der Waals surface area contributed by atoms with Crippen molar-refractivity contribution < 1.29 is 0 Å². The zero-order valence-electron chi connectivity index (χ0n) is 19.9. The van der Waals surface area contributed by atoms with Gasteiger partial charge in [-0.05, 0) is 37.5 Å². The van der Waals surface area contributed by atoms with Crippen LogP contribution in [0.15, 0.2) is 12.2 Å². The highest BCUT2D eigenvalue weighted by Gasteiger charge is 2.12. The third-order valence-electron chi connectivity index (χ3n) is 6.25. The zero-order valence-corrected chi connectivity index (χ0v) is 19.9. The van der Waals surface area contributed by atoms with Crippen molar-refractivity contribution in [2.45, 2.75) is 142 Å². The van der Waals surface area contributed by atoms with Gasteiger partial charge in [0.05, 0.1) is 0 Å². The molecule has 2 radical (unpaired) electrons. The number of rotatable bonds is 22. The summed E-state index contributed by atoms with van der Waals surface area (Å²) in [7, 11) is 0. The van der Waals surface area contributed by atoms with E-state index in [0.717, 1.165) is 31.1 Å². The van der Waals surface area contributed by atoms with Crippen LogP contribution in [0.4, 0.5) is 0 Å². The molecule has 0 heterocycles. The maximum atomic E-state index is 3.92. The highest BCUT2D eigenvalue weighted by molar-refractivity contribution is 4.81. The Hall–Kier alpha value is -0.260. The van der Waals surface area contributed by atoms with E-state index < -0.39 is 0 Å². The summed E-state index contributed by atoms with van der Waals surface area (Å²) >= 11 is 0. The lowest BCUT2D eigenvalue weighted by Crippen LogP contribution is -2.08. The highest BCUT2D eigenvalue weighted by atomic mass is 14.2. The van der Waals surface area contributed by atoms with Crippen molar-refractivity contribution in [3.63, 3.8) is 0 Å². The van der Waals surface area contributed by atoms with Crippen LogP contribution in [0.25, 0.3) is 0 Å². The lowest BCUT2D eigenvalue weighted by atomic mass is 9.85. The second-order valence-electron chi connectivity index (χ2n) is 9.29. The van der Waals surface area contributed by atoms with Crippen molar-refractivity contribution in [1.82, 2.24) is 0 Å². The largest absolute Gasteiger partial charge is 0.0885 e. The summed E-state index contributed by atoms with van der Waals surface area (Å²) in [5, 5.41) is 0. The molecule has 0 aromatic carbocycles. The van der Waals surface area contributed by atoms with Crippen molar-refractivity contribution in [2.24, 2.45) is 11.8 Å². The number of unbranched alkanes of at least 4 members (excludes halogenated alkanes) is 15. The lowest BCUT2D eigenvalue weighted by molar-refractivity contribution is 0.313. The van der Waals surface area contributed by atoms with Crippen LogP contribution in [0, 0.1) is 25.7 Å². The molecule has 0 aromatic heterocycles.